The number of aryl methyl sites for hydroxylation is 1. The molecule has 0 spiro atoms. The van der Waals surface area contributed by atoms with Gasteiger partial charge in [-0.05, 0) is 36.5 Å². The van der Waals surface area contributed by atoms with Crippen LogP contribution in [0, 0.1) is 5.92 Å². The smallest absolute Gasteiger partial charge is 0.225 e. The second-order valence-corrected chi connectivity index (χ2v) is 8.28. The van der Waals surface area contributed by atoms with Crippen molar-refractivity contribution in [3.8, 4) is 0 Å². The maximum Gasteiger partial charge on any atom is 0.225 e. The summed E-state index contributed by atoms with van der Waals surface area (Å²) in [6.07, 6.45) is 2.80. The highest BCUT2D eigenvalue weighted by Gasteiger charge is 2.29. The molecule has 148 valence electrons. The maximum atomic E-state index is 12.8. The van der Waals surface area contributed by atoms with Crippen LogP contribution >= 0.6 is 15.9 Å². The topological polar surface area (TPSA) is 40.6 Å². The van der Waals surface area contributed by atoms with Crippen LogP contribution in [0.1, 0.15) is 30.4 Å². The van der Waals surface area contributed by atoms with Gasteiger partial charge in [-0.2, -0.15) is 0 Å². The summed E-state index contributed by atoms with van der Waals surface area (Å²) < 4.78 is 1.02. The van der Waals surface area contributed by atoms with Gasteiger partial charge in [-0.25, -0.2) is 0 Å². The highest BCUT2D eigenvalue weighted by molar-refractivity contribution is 9.10. The van der Waals surface area contributed by atoms with Gasteiger partial charge in [0.25, 0.3) is 0 Å². The Balaban J connectivity index is 1.45. The first-order valence-corrected chi connectivity index (χ1v) is 10.6. The van der Waals surface area contributed by atoms with Crippen molar-refractivity contribution >= 4 is 27.7 Å². The van der Waals surface area contributed by atoms with Crippen molar-refractivity contribution < 1.29 is 9.59 Å². The molecule has 0 N–H and O–H groups in total. The molecule has 1 heterocycles. The minimum Gasteiger partial charge on any atom is -0.343 e. The van der Waals surface area contributed by atoms with Crippen molar-refractivity contribution in [1.29, 1.82) is 0 Å². The Bertz CT molecular complexity index is 801. The Morgan fingerprint density at radius 3 is 2.36 bits per heavy atom. The first kappa shape index (κ1) is 20.6. The molecule has 0 atom stereocenters. The molecule has 1 aliphatic heterocycles. The zero-order valence-corrected chi connectivity index (χ0v) is 17.9. The highest BCUT2D eigenvalue weighted by Crippen LogP contribution is 2.23. The molecule has 0 unspecified atom stereocenters. The number of halogens is 1. The van der Waals surface area contributed by atoms with Gasteiger partial charge >= 0.3 is 0 Å². The number of likely N-dealkylation sites (tertiary alicyclic amines) is 1. The number of hydrogen-bond donors (Lipinski definition) is 0. The van der Waals surface area contributed by atoms with Crippen LogP contribution in [0.5, 0.6) is 0 Å². The molecule has 0 saturated carbocycles. The number of carbonyl (C=O) groups excluding carboxylic acids is 2. The van der Waals surface area contributed by atoms with E-state index in [2.05, 4.69) is 28.1 Å². The minimum atomic E-state index is 0.00524. The van der Waals surface area contributed by atoms with E-state index in [1.165, 1.54) is 5.56 Å². The summed E-state index contributed by atoms with van der Waals surface area (Å²) >= 11 is 3.54. The zero-order valence-electron chi connectivity index (χ0n) is 16.3. The summed E-state index contributed by atoms with van der Waals surface area (Å²) in [6, 6.07) is 18.1. The summed E-state index contributed by atoms with van der Waals surface area (Å²) in [6.45, 7) is 1.94. The minimum absolute atomic E-state index is 0.00524. The van der Waals surface area contributed by atoms with Crippen molar-refractivity contribution in [3.63, 3.8) is 0 Å². The van der Waals surface area contributed by atoms with E-state index < -0.39 is 0 Å². The van der Waals surface area contributed by atoms with Crippen molar-refractivity contribution in [2.75, 3.05) is 20.1 Å². The third-order valence-corrected chi connectivity index (χ3v) is 6.18. The van der Waals surface area contributed by atoms with Crippen molar-refractivity contribution in [2.24, 2.45) is 5.92 Å². The van der Waals surface area contributed by atoms with E-state index in [1.807, 2.05) is 54.4 Å². The van der Waals surface area contributed by atoms with E-state index in [0.717, 1.165) is 29.3 Å². The van der Waals surface area contributed by atoms with Crippen LogP contribution in [0.3, 0.4) is 0 Å². The van der Waals surface area contributed by atoms with E-state index in [-0.39, 0.29) is 17.7 Å². The number of piperidine rings is 1. The monoisotopic (exact) mass is 442 g/mol. The van der Waals surface area contributed by atoms with Gasteiger partial charge in [-0.3, -0.25) is 9.59 Å². The number of rotatable bonds is 6. The van der Waals surface area contributed by atoms with Gasteiger partial charge in [0.05, 0.1) is 0 Å². The molecule has 4 nitrogen and oxygen atoms in total. The van der Waals surface area contributed by atoms with E-state index in [9.17, 15) is 9.59 Å². The number of nitrogens with zero attached hydrogens (tertiary/aromatic N) is 2. The number of amides is 2. The highest BCUT2D eigenvalue weighted by atomic mass is 79.9. The van der Waals surface area contributed by atoms with Gasteiger partial charge in [0.2, 0.25) is 11.8 Å². The van der Waals surface area contributed by atoms with Gasteiger partial charge < -0.3 is 9.80 Å². The summed E-state index contributed by atoms with van der Waals surface area (Å²) in [5, 5.41) is 0. The summed E-state index contributed by atoms with van der Waals surface area (Å²) in [5.74, 6) is 0.370. The maximum absolute atomic E-state index is 12.8. The predicted octanol–water partition coefficient (Wildman–Crippen LogP) is 4.28. The first-order valence-electron chi connectivity index (χ1n) is 9.84. The first-order chi connectivity index (χ1) is 13.5. The molecular weight excluding hydrogens is 416 g/mol. The molecule has 28 heavy (non-hydrogen) atoms. The summed E-state index contributed by atoms with van der Waals surface area (Å²) in [4.78, 5) is 29.0. The quantitative estimate of drug-likeness (QED) is 0.669. The van der Waals surface area contributed by atoms with Crippen LogP contribution in [0.25, 0.3) is 0 Å². The van der Waals surface area contributed by atoms with Gasteiger partial charge in [0.1, 0.15) is 0 Å². The molecule has 0 radical (unpaired) electrons. The lowest BCUT2D eigenvalue weighted by atomic mass is 9.94. The summed E-state index contributed by atoms with van der Waals surface area (Å²) in [5.41, 5.74) is 2.29. The van der Waals surface area contributed by atoms with Crippen molar-refractivity contribution in [1.82, 2.24) is 9.80 Å². The van der Waals surface area contributed by atoms with Gasteiger partial charge in [0.15, 0.2) is 0 Å². The van der Waals surface area contributed by atoms with E-state index >= 15 is 0 Å². The molecule has 3 rings (SSSR count). The van der Waals surface area contributed by atoms with Crippen LogP contribution in [0.15, 0.2) is 59.1 Å². The van der Waals surface area contributed by atoms with Crippen LogP contribution in [0.4, 0.5) is 0 Å². The van der Waals surface area contributed by atoms with Crippen LogP contribution in [0.2, 0.25) is 0 Å². The molecule has 5 heteroatoms. The lowest BCUT2D eigenvalue weighted by Crippen LogP contribution is -2.43. The third kappa shape index (κ3) is 5.44. The Hall–Kier alpha value is -2.14. The average molecular weight is 443 g/mol. The SMILES string of the molecule is CN(Cc1ccccc1Br)C(=O)C1CCN(C(=O)CCc2ccccc2)CC1. The van der Waals surface area contributed by atoms with Gasteiger partial charge in [0, 0.05) is 43.5 Å². The van der Waals surface area contributed by atoms with Gasteiger partial charge in [-0.15, -0.1) is 0 Å². The Kier molecular flexibility index (Phi) is 7.26. The van der Waals surface area contributed by atoms with E-state index in [4.69, 9.17) is 0 Å². The molecule has 0 aromatic heterocycles. The van der Waals surface area contributed by atoms with Crippen LogP contribution in [-0.4, -0.2) is 41.8 Å². The molecule has 1 aliphatic rings. The fraction of sp³-hybridized carbons (Fsp3) is 0.391. The van der Waals surface area contributed by atoms with Crippen molar-refractivity contribution in [2.45, 2.75) is 32.2 Å². The molecule has 1 saturated heterocycles. The van der Waals surface area contributed by atoms with Crippen LogP contribution in [-0.2, 0) is 22.6 Å². The Morgan fingerprint density at radius 2 is 1.68 bits per heavy atom. The van der Waals surface area contributed by atoms with E-state index in [1.54, 1.807) is 4.90 Å². The molecule has 1 fully saturated rings. The average Bonchev–Trinajstić information content (AvgIpc) is 2.74. The third-order valence-electron chi connectivity index (χ3n) is 5.41. The fourth-order valence-electron chi connectivity index (χ4n) is 3.70. The molecule has 2 amide bonds. The second kappa shape index (κ2) is 9.87. The Morgan fingerprint density at radius 1 is 1.04 bits per heavy atom. The number of carbonyl (C=O) groups is 2. The standard InChI is InChI=1S/C23H27BrN2O2/c1-25(17-20-9-5-6-10-21(20)24)23(28)19-13-15-26(16-14-19)22(27)12-11-18-7-3-2-4-8-18/h2-10,19H,11-17H2,1H3. The molecular formula is C23H27BrN2O2. The zero-order chi connectivity index (χ0) is 19.9. The molecule has 2 aromatic rings. The number of hydrogen-bond acceptors (Lipinski definition) is 2. The lowest BCUT2D eigenvalue weighted by molar-refractivity contribution is -0.140. The van der Waals surface area contributed by atoms with Crippen LogP contribution < -0.4 is 0 Å². The van der Waals surface area contributed by atoms with E-state index in [0.29, 0.717) is 26.1 Å². The van der Waals surface area contributed by atoms with Crippen molar-refractivity contribution in [3.05, 3.63) is 70.2 Å². The largest absolute Gasteiger partial charge is 0.343 e. The predicted molar refractivity (Wildman–Crippen MR) is 115 cm³/mol. The lowest BCUT2D eigenvalue weighted by Gasteiger charge is -2.33. The fourth-order valence-corrected chi connectivity index (χ4v) is 4.11. The van der Waals surface area contributed by atoms with Gasteiger partial charge in [-0.1, -0.05) is 64.5 Å². The number of benzene rings is 2. The molecule has 2 aromatic carbocycles. The molecule has 0 aliphatic carbocycles. The normalized spacial score (nSPS) is 14.7. The Labute approximate surface area is 175 Å². The summed E-state index contributed by atoms with van der Waals surface area (Å²) in [7, 11) is 1.86. The second-order valence-electron chi connectivity index (χ2n) is 7.43. The molecule has 0 bridgehead atoms.